The van der Waals surface area contributed by atoms with E-state index in [1.54, 1.807) is 12.5 Å². The molecule has 2 aliphatic rings. The summed E-state index contributed by atoms with van der Waals surface area (Å²) in [7, 11) is 0. The topological polar surface area (TPSA) is 108 Å². The molecule has 0 radical (unpaired) electrons. The molecule has 4 heterocycles. The van der Waals surface area contributed by atoms with Crippen LogP contribution in [-0.2, 0) is 11.4 Å². The van der Waals surface area contributed by atoms with Crippen LogP contribution in [-0.4, -0.2) is 72.9 Å². The van der Waals surface area contributed by atoms with E-state index in [1.807, 2.05) is 10.4 Å². The second kappa shape index (κ2) is 8.17. The van der Waals surface area contributed by atoms with Gasteiger partial charge in [-0.3, -0.25) is 5.41 Å². The minimum atomic E-state index is -2.81. The highest BCUT2D eigenvalue weighted by Gasteiger charge is 2.47. The molecule has 2 saturated heterocycles. The van der Waals surface area contributed by atoms with E-state index in [4.69, 9.17) is 5.41 Å². The van der Waals surface area contributed by atoms with Crippen LogP contribution in [0.25, 0.3) is 17.5 Å². The van der Waals surface area contributed by atoms with E-state index in [0.717, 1.165) is 37.9 Å². The minimum Gasteiger partial charge on any atom is -0.598 e. The molecule has 154 valence electrons. The molecular weight excluding hydrogens is 400 g/mol. The van der Waals surface area contributed by atoms with E-state index in [0.29, 0.717) is 23.1 Å². The van der Waals surface area contributed by atoms with Crippen molar-refractivity contribution in [2.45, 2.75) is 18.9 Å². The van der Waals surface area contributed by atoms with Crippen molar-refractivity contribution in [2.24, 2.45) is 5.92 Å². The molecule has 11 heteroatoms. The minimum absolute atomic E-state index is 0.280. The van der Waals surface area contributed by atoms with Crippen LogP contribution in [0.4, 0.5) is 14.6 Å². The number of nitrogens with zero attached hydrogens (tertiary/aromatic N) is 5. The van der Waals surface area contributed by atoms with Crippen LogP contribution < -0.4 is 4.90 Å². The number of aromatic nitrogens is 4. The highest BCUT2D eigenvalue weighted by molar-refractivity contribution is 7.88. The average molecular weight is 421 g/mol. The zero-order chi connectivity index (χ0) is 20.5. The lowest BCUT2D eigenvalue weighted by atomic mass is 9.85. The molecule has 3 atom stereocenters. The lowest BCUT2D eigenvalue weighted by molar-refractivity contribution is 0.0828. The molecule has 0 amide bonds. The molecule has 0 aliphatic carbocycles. The van der Waals surface area contributed by atoms with Gasteiger partial charge in [-0.15, -0.1) is 4.31 Å². The third-order valence-electron chi connectivity index (χ3n) is 5.34. The zero-order valence-electron chi connectivity index (χ0n) is 15.8. The number of aromatic amines is 1. The molecule has 2 aromatic heterocycles. The van der Waals surface area contributed by atoms with Gasteiger partial charge in [-0.2, -0.15) is 0 Å². The average Bonchev–Trinajstić information content (AvgIpc) is 3.16. The molecule has 2 fully saturated rings. The van der Waals surface area contributed by atoms with Crippen LogP contribution in [0.3, 0.4) is 0 Å². The van der Waals surface area contributed by atoms with Gasteiger partial charge in [0.05, 0.1) is 29.3 Å². The fraction of sp³-hybridized carbons (Fsp3) is 0.444. The lowest BCUT2D eigenvalue weighted by Crippen LogP contribution is -2.65. The first-order valence-corrected chi connectivity index (χ1v) is 10.7. The number of fused-ring (bicyclic) bond motifs is 1. The van der Waals surface area contributed by atoms with Crippen LogP contribution in [0.2, 0.25) is 0 Å². The van der Waals surface area contributed by atoms with E-state index >= 15 is 0 Å². The fourth-order valence-electron chi connectivity index (χ4n) is 3.71. The number of hydrogen-bond donors (Lipinski definition) is 2. The molecule has 0 spiro atoms. The molecule has 2 N–H and O–H groups in total. The second-order valence-electron chi connectivity index (χ2n) is 7.12. The molecule has 4 rings (SSSR count). The van der Waals surface area contributed by atoms with Crippen LogP contribution >= 0.6 is 0 Å². The fourth-order valence-corrected chi connectivity index (χ4v) is 4.73. The number of anilines is 1. The monoisotopic (exact) mass is 421 g/mol. The number of H-pyrrole nitrogens is 1. The zero-order valence-corrected chi connectivity index (χ0v) is 16.6. The normalized spacial score (nSPS) is 23.3. The number of halogens is 2. The lowest BCUT2D eigenvalue weighted by Gasteiger charge is -2.51. The molecular formula is C18H21F2N7OS. The molecule has 29 heavy (non-hydrogen) atoms. The number of imidazole rings is 1. The van der Waals surface area contributed by atoms with Gasteiger partial charge in [-0.1, -0.05) is 0 Å². The maximum atomic E-state index is 12.4. The Hall–Kier alpha value is -2.37. The molecule has 0 saturated carbocycles. The third kappa shape index (κ3) is 4.16. The van der Waals surface area contributed by atoms with Crippen molar-refractivity contribution < 1.29 is 13.3 Å². The van der Waals surface area contributed by atoms with Gasteiger partial charge in [0.1, 0.15) is 24.2 Å². The number of alkyl halides is 2. The van der Waals surface area contributed by atoms with Crippen molar-refractivity contribution in [2.75, 3.05) is 30.8 Å². The number of allylic oxidation sites excluding steroid dienone is 1. The summed E-state index contributed by atoms with van der Waals surface area (Å²) < 4.78 is 38.6. The van der Waals surface area contributed by atoms with Crippen LogP contribution in [0.1, 0.15) is 12.2 Å². The summed E-state index contributed by atoms with van der Waals surface area (Å²) in [5.74, 6) is 1.74. The van der Waals surface area contributed by atoms with Gasteiger partial charge in [-0.25, -0.2) is 23.7 Å². The van der Waals surface area contributed by atoms with Gasteiger partial charge >= 0.3 is 0 Å². The highest BCUT2D eigenvalue weighted by atomic mass is 32.2. The van der Waals surface area contributed by atoms with Crippen molar-refractivity contribution in [3.63, 3.8) is 0 Å². The Kier molecular flexibility index (Phi) is 5.61. The van der Waals surface area contributed by atoms with Crippen molar-refractivity contribution in [1.29, 1.82) is 5.41 Å². The summed E-state index contributed by atoms with van der Waals surface area (Å²) in [6, 6.07) is 2.14. The Balaban J connectivity index is 1.48. The van der Waals surface area contributed by atoms with Crippen molar-refractivity contribution >= 4 is 29.0 Å². The Morgan fingerprint density at radius 2 is 2.21 bits per heavy atom. The number of rotatable bonds is 6. The molecule has 2 aromatic rings. The van der Waals surface area contributed by atoms with E-state index in [9.17, 15) is 13.3 Å². The summed E-state index contributed by atoms with van der Waals surface area (Å²) in [6.45, 7) is 2.55. The van der Waals surface area contributed by atoms with Gasteiger partial charge in [0.2, 0.25) is 0 Å². The largest absolute Gasteiger partial charge is 0.598 e. The Morgan fingerprint density at radius 1 is 1.38 bits per heavy atom. The number of nitrogens with one attached hydrogen (secondary N) is 2. The SMILES string of the molecule is C[S+]([O-])N1CC2CCN(c3cc(-c4cnc(/C=C\C(=N)C(F)F)[nH]4)ncn3)CC21. The summed E-state index contributed by atoms with van der Waals surface area (Å²) in [5, 5.41) is 7.15. The Morgan fingerprint density at radius 3 is 2.97 bits per heavy atom. The maximum absolute atomic E-state index is 12.4. The van der Waals surface area contributed by atoms with E-state index < -0.39 is 23.5 Å². The van der Waals surface area contributed by atoms with E-state index in [-0.39, 0.29) is 6.04 Å². The molecule has 0 aromatic carbocycles. The standard InChI is InChI=1S/C18H21F2N7OS/c1-29(28)27-8-11-4-5-26(9-15(11)27)17-6-13(23-10-24-17)14-7-22-16(25-14)3-2-12(21)18(19)20/h2-3,6-7,10-11,15,18,21H,4-5,8-9H2,1H3,(H,22,25)/b3-2-,21-12?. The molecule has 3 unspecified atom stereocenters. The summed E-state index contributed by atoms with van der Waals surface area (Å²) in [5.41, 5.74) is 0.498. The first-order valence-electron chi connectivity index (χ1n) is 9.19. The van der Waals surface area contributed by atoms with E-state index in [1.165, 1.54) is 12.4 Å². The van der Waals surface area contributed by atoms with Gasteiger partial charge in [0.15, 0.2) is 0 Å². The summed E-state index contributed by atoms with van der Waals surface area (Å²) in [4.78, 5) is 18.0. The van der Waals surface area contributed by atoms with Crippen molar-refractivity contribution in [1.82, 2.24) is 24.2 Å². The Bertz CT molecular complexity index is 919. The van der Waals surface area contributed by atoms with Crippen LogP contribution in [0.15, 0.2) is 24.7 Å². The Labute approximate surface area is 169 Å². The van der Waals surface area contributed by atoms with Gasteiger partial charge < -0.3 is 14.4 Å². The summed E-state index contributed by atoms with van der Waals surface area (Å²) >= 11 is -0.961. The van der Waals surface area contributed by atoms with E-state index in [2.05, 4.69) is 24.8 Å². The van der Waals surface area contributed by atoms with Gasteiger partial charge in [-0.05, 0) is 24.5 Å². The predicted octanol–water partition coefficient (Wildman–Crippen LogP) is 1.97. The second-order valence-corrected chi connectivity index (χ2v) is 8.44. The molecule has 2 aliphatic heterocycles. The maximum Gasteiger partial charge on any atom is 0.279 e. The quantitative estimate of drug-likeness (QED) is 0.545. The van der Waals surface area contributed by atoms with Gasteiger partial charge in [0.25, 0.3) is 6.43 Å². The van der Waals surface area contributed by atoms with Crippen LogP contribution in [0, 0.1) is 11.3 Å². The third-order valence-corrected chi connectivity index (χ3v) is 6.42. The molecule has 0 bridgehead atoms. The van der Waals surface area contributed by atoms with Gasteiger partial charge in [0, 0.05) is 37.1 Å². The van der Waals surface area contributed by atoms with Crippen molar-refractivity contribution in [3.05, 3.63) is 30.5 Å². The molecule has 8 nitrogen and oxygen atoms in total. The summed E-state index contributed by atoms with van der Waals surface area (Å²) in [6.07, 6.45) is 5.34. The van der Waals surface area contributed by atoms with Crippen molar-refractivity contribution in [3.8, 4) is 11.4 Å². The first-order chi connectivity index (χ1) is 13.9. The smallest absolute Gasteiger partial charge is 0.279 e. The first kappa shape index (κ1) is 19.9. The van der Waals surface area contributed by atoms with Crippen LogP contribution in [0.5, 0.6) is 0 Å². The highest BCUT2D eigenvalue weighted by Crippen LogP contribution is 2.35. The number of piperidine rings is 1. The predicted molar refractivity (Wildman–Crippen MR) is 107 cm³/mol. The number of hydrogen-bond acceptors (Lipinski definition) is 7.